The maximum absolute atomic E-state index is 11.2. The first-order valence-electron chi connectivity index (χ1n) is 3.77. The Morgan fingerprint density at radius 3 is 2.46 bits per heavy atom. The molecule has 0 bridgehead atoms. The van der Waals surface area contributed by atoms with Crippen LogP contribution in [0, 0.1) is 0 Å². The first-order chi connectivity index (χ1) is 5.90. The number of carbonyl (C=O) groups is 2. The smallest absolute Gasteiger partial charge is 0.230 e. The first-order valence-corrected chi connectivity index (χ1v) is 3.77. The predicted octanol–water partition coefficient (Wildman–Crippen LogP) is -0.432. The summed E-state index contributed by atoms with van der Waals surface area (Å²) in [6.45, 7) is 1.30. The van der Waals surface area contributed by atoms with Crippen LogP contribution < -0.4 is 0 Å². The topological polar surface area (TPSA) is 77.8 Å². The number of hydrogen-bond donors (Lipinski definition) is 2. The maximum Gasteiger partial charge on any atom is 0.230 e. The van der Waals surface area contributed by atoms with E-state index in [9.17, 15) is 19.8 Å². The van der Waals surface area contributed by atoms with E-state index in [0.29, 0.717) is 6.41 Å². The van der Waals surface area contributed by atoms with Gasteiger partial charge in [0.15, 0.2) is 5.76 Å². The van der Waals surface area contributed by atoms with E-state index < -0.39 is 17.1 Å². The molecule has 2 N–H and O–H groups in total. The van der Waals surface area contributed by atoms with Crippen molar-refractivity contribution in [2.45, 2.75) is 18.9 Å². The zero-order chi connectivity index (χ0) is 10.2. The van der Waals surface area contributed by atoms with E-state index in [1.807, 2.05) is 0 Å². The number of aliphatic hydroxyl groups excluding tert-OH is 1. The second-order valence-corrected chi connectivity index (χ2v) is 3.29. The minimum absolute atomic E-state index is 0.0348. The highest BCUT2D eigenvalue weighted by Crippen LogP contribution is 2.30. The summed E-state index contributed by atoms with van der Waals surface area (Å²) in [5.74, 6) is -1.27. The highest BCUT2D eigenvalue weighted by Gasteiger charge is 2.43. The molecule has 0 saturated carbocycles. The fraction of sp³-hybridized carbons (Fsp3) is 0.500. The third-order valence-corrected chi connectivity index (χ3v) is 2.07. The first kappa shape index (κ1) is 9.73. The summed E-state index contributed by atoms with van der Waals surface area (Å²) in [5.41, 5.74) is -1.43. The van der Waals surface area contributed by atoms with E-state index in [0.717, 1.165) is 4.90 Å². The van der Waals surface area contributed by atoms with Crippen molar-refractivity contribution < 1.29 is 19.8 Å². The van der Waals surface area contributed by atoms with Crippen molar-refractivity contribution in [3.8, 4) is 0 Å². The summed E-state index contributed by atoms with van der Waals surface area (Å²) in [6.07, 6.45) is 0.438. The lowest BCUT2D eigenvalue weighted by atomic mass is 10.0. The van der Waals surface area contributed by atoms with Gasteiger partial charge in [-0.05, 0) is 6.92 Å². The highest BCUT2D eigenvalue weighted by atomic mass is 16.3. The molecule has 1 rings (SSSR count). The van der Waals surface area contributed by atoms with E-state index in [4.69, 9.17) is 0 Å². The number of ketones is 1. The molecule has 72 valence electrons. The van der Waals surface area contributed by atoms with E-state index in [1.54, 1.807) is 0 Å². The lowest BCUT2D eigenvalue weighted by molar-refractivity contribution is -0.132. The zero-order valence-electron chi connectivity index (χ0n) is 7.44. The molecule has 0 radical (unpaired) electrons. The van der Waals surface area contributed by atoms with Gasteiger partial charge in [-0.25, -0.2) is 0 Å². The number of Topliss-reactive ketones (excluding diaryl/α,β-unsaturated/α-hetero) is 1. The molecule has 1 atom stereocenters. The molecule has 0 saturated heterocycles. The number of nitrogens with zero attached hydrogens (tertiary/aromatic N) is 1. The molecule has 0 heterocycles. The Morgan fingerprint density at radius 2 is 2.15 bits per heavy atom. The summed E-state index contributed by atoms with van der Waals surface area (Å²) in [4.78, 5) is 22.6. The Balaban J connectivity index is 3.02. The minimum atomic E-state index is -1.59. The fourth-order valence-electron chi connectivity index (χ4n) is 1.23. The molecule has 1 aliphatic carbocycles. The van der Waals surface area contributed by atoms with Crippen molar-refractivity contribution in [3.63, 3.8) is 0 Å². The van der Waals surface area contributed by atoms with E-state index in [2.05, 4.69) is 0 Å². The normalized spacial score (nSPS) is 28.1. The van der Waals surface area contributed by atoms with E-state index in [-0.39, 0.29) is 12.1 Å². The van der Waals surface area contributed by atoms with Gasteiger partial charge in [0, 0.05) is 13.5 Å². The summed E-state index contributed by atoms with van der Waals surface area (Å²) >= 11 is 0. The SMILES string of the molecule is CN(C=O)C1=C(O)C(=O)C(C)(O)C1. The Kier molecular flexibility index (Phi) is 2.13. The van der Waals surface area contributed by atoms with Crippen LogP contribution in [0.3, 0.4) is 0 Å². The van der Waals surface area contributed by atoms with Crippen LogP contribution in [-0.4, -0.2) is 40.0 Å². The van der Waals surface area contributed by atoms with Crippen LogP contribution in [0.1, 0.15) is 13.3 Å². The Morgan fingerprint density at radius 1 is 1.62 bits per heavy atom. The average Bonchev–Trinajstić information content (AvgIpc) is 2.28. The lowest BCUT2D eigenvalue weighted by Gasteiger charge is -2.15. The second kappa shape index (κ2) is 2.85. The number of carbonyl (C=O) groups excluding carboxylic acids is 2. The maximum atomic E-state index is 11.2. The van der Waals surface area contributed by atoms with Crippen LogP contribution in [0.15, 0.2) is 11.5 Å². The zero-order valence-corrected chi connectivity index (χ0v) is 7.44. The lowest BCUT2D eigenvalue weighted by Crippen LogP contribution is -2.31. The van der Waals surface area contributed by atoms with Crippen molar-refractivity contribution in [1.29, 1.82) is 0 Å². The van der Waals surface area contributed by atoms with Gasteiger partial charge >= 0.3 is 0 Å². The standard InChI is InChI=1S/C8H11NO4/c1-8(13)3-5(9(2)4-10)6(11)7(8)12/h4,11,13H,3H2,1-2H3. The molecule has 0 aliphatic heterocycles. The third-order valence-electron chi connectivity index (χ3n) is 2.07. The van der Waals surface area contributed by atoms with Crippen LogP contribution in [-0.2, 0) is 9.59 Å². The van der Waals surface area contributed by atoms with Gasteiger partial charge in [-0.3, -0.25) is 9.59 Å². The van der Waals surface area contributed by atoms with Gasteiger partial charge in [0.1, 0.15) is 5.60 Å². The van der Waals surface area contributed by atoms with Crippen molar-refractivity contribution in [1.82, 2.24) is 4.90 Å². The molecule has 0 aromatic heterocycles. The van der Waals surface area contributed by atoms with Crippen LogP contribution in [0.5, 0.6) is 0 Å². The molecular formula is C8H11NO4. The van der Waals surface area contributed by atoms with Crippen molar-refractivity contribution >= 4 is 12.2 Å². The van der Waals surface area contributed by atoms with Gasteiger partial charge < -0.3 is 15.1 Å². The second-order valence-electron chi connectivity index (χ2n) is 3.29. The third kappa shape index (κ3) is 1.42. The number of aliphatic hydroxyl groups is 2. The van der Waals surface area contributed by atoms with E-state index in [1.165, 1.54) is 14.0 Å². The summed E-state index contributed by atoms with van der Waals surface area (Å²) < 4.78 is 0. The van der Waals surface area contributed by atoms with Crippen molar-refractivity contribution in [2.24, 2.45) is 0 Å². The van der Waals surface area contributed by atoms with Crippen LogP contribution in [0.25, 0.3) is 0 Å². The molecule has 5 nitrogen and oxygen atoms in total. The monoisotopic (exact) mass is 185 g/mol. The average molecular weight is 185 g/mol. The molecule has 0 fully saturated rings. The Hall–Kier alpha value is -1.36. The summed E-state index contributed by atoms with van der Waals surface area (Å²) in [7, 11) is 1.41. The van der Waals surface area contributed by atoms with Gasteiger partial charge in [-0.2, -0.15) is 0 Å². The van der Waals surface area contributed by atoms with Gasteiger partial charge in [0.2, 0.25) is 12.2 Å². The molecule has 1 amide bonds. The summed E-state index contributed by atoms with van der Waals surface area (Å²) in [5, 5.41) is 18.7. The van der Waals surface area contributed by atoms with Gasteiger partial charge in [-0.15, -0.1) is 0 Å². The fourth-order valence-corrected chi connectivity index (χ4v) is 1.23. The molecule has 5 heteroatoms. The van der Waals surface area contributed by atoms with E-state index >= 15 is 0 Å². The van der Waals surface area contributed by atoms with Crippen molar-refractivity contribution in [3.05, 3.63) is 11.5 Å². The molecule has 0 spiro atoms. The summed E-state index contributed by atoms with van der Waals surface area (Å²) in [6, 6.07) is 0. The molecule has 1 unspecified atom stereocenters. The Labute approximate surface area is 75.3 Å². The minimum Gasteiger partial charge on any atom is -0.503 e. The quantitative estimate of drug-likeness (QED) is 0.572. The number of hydrogen-bond acceptors (Lipinski definition) is 4. The van der Waals surface area contributed by atoms with Gasteiger partial charge in [-0.1, -0.05) is 0 Å². The van der Waals surface area contributed by atoms with Crippen LogP contribution in [0.4, 0.5) is 0 Å². The largest absolute Gasteiger partial charge is 0.503 e. The number of amides is 1. The van der Waals surface area contributed by atoms with Crippen LogP contribution in [0.2, 0.25) is 0 Å². The van der Waals surface area contributed by atoms with Crippen LogP contribution >= 0.6 is 0 Å². The molecule has 13 heavy (non-hydrogen) atoms. The predicted molar refractivity (Wildman–Crippen MR) is 43.7 cm³/mol. The highest BCUT2D eigenvalue weighted by molar-refractivity contribution is 6.03. The Bertz CT molecular complexity index is 293. The number of rotatable bonds is 2. The van der Waals surface area contributed by atoms with Crippen molar-refractivity contribution in [2.75, 3.05) is 7.05 Å². The molecule has 0 aromatic carbocycles. The molecular weight excluding hydrogens is 174 g/mol. The molecule has 0 aromatic rings. The van der Waals surface area contributed by atoms with Gasteiger partial charge in [0.05, 0.1) is 5.70 Å². The van der Waals surface area contributed by atoms with Gasteiger partial charge in [0.25, 0.3) is 0 Å². The molecule has 1 aliphatic rings.